The minimum Gasteiger partial charge on any atom is -0.507 e. The Balaban J connectivity index is 2.54. The molecule has 0 aliphatic heterocycles. The predicted molar refractivity (Wildman–Crippen MR) is 73.6 cm³/mol. The molecule has 0 bridgehead atoms. The van der Waals surface area contributed by atoms with Gasteiger partial charge in [-0.05, 0) is 30.3 Å². The minimum absolute atomic E-state index is 0.0331. The summed E-state index contributed by atoms with van der Waals surface area (Å²) in [6.07, 6.45) is 0. The molecular weight excluding hydrogens is 260 g/mol. The number of benzene rings is 2. The van der Waals surface area contributed by atoms with Crippen molar-refractivity contribution >= 4 is 5.97 Å². The highest BCUT2D eigenvalue weighted by Gasteiger charge is 2.13. The van der Waals surface area contributed by atoms with Gasteiger partial charge in [-0.15, -0.1) is 0 Å². The molecule has 104 valence electrons. The van der Waals surface area contributed by atoms with E-state index in [1.807, 2.05) is 0 Å². The predicted octanol–water partition coefficient (Wildman–Crippen LogP) is 2.77. The summed E-state index contributed by atoms with van der Waals surface area (Å²) in [4.78, 5) is 10.9. The first-order valence-corrected chi connectivity index (χ1v) is 5.85. The number of rotatable bonds is 4. The van der Waals surface area contributed by atoms with Crippen molar-refractivity contribution in [1.82, 2.24) is 0 Å². The van der Waals surface area contributed by atoms with E-state index in [1.54, 1.807) is 18.2 Å². The standard InChI is InChI=1S/C15H14O5/c1-19-10-4-6-11(13(16)8-10)12-5-3-9(15(17)18)7-14(12)20-2/h3-8,16H,1-2H3,(H,17,18). The molecule has 0 radical (unpaired) electrons. The molecule has 0 amide bonds. The lowest BCUT2D eigenvalue weighted by Crippen LogP contribution is -1.98. The second-order valence-corrected chi connectivity index (χ2v) is 4.10. The van der Waals surface area contributed by atoms with Gasteiger partial charge in [0, 0.05) is 17.2 Å². The van der Waals surface area contributed by atoms with Gasteiger partial charge in [0.25, 0.3) is 0 Å². The van der Waals surface area contributed by atoms with Gasteiger partial charge in [0.1, 0.15) is 17.2 Å². The fraction of sp³-hybridized carbons (Fsp3) is 0.133. The summed E-state index contributed by atoms with van der Waals surface area (Å²) < 4.78 is 10.2. The summed E-state index contributed by atoms with van der Waals surface area (Å²) >= 11 is 0. The van der Waals surface area contributed by atoms with E-state index in [4.69, 9.17) is 14.6 Å². The maximum Gasteiger partial charge on any atom is 0.335 e. The number of carboxylic acid groups (broad SMARTS) is 1. The van der Waals surface area contributed by atoms with Gasteiger partial charge >= 0.3 is 5.97 Å². The van der Waals surface area contributed by atoms with Crippen LogP contribution in [0.15, 0.2) is 36.4 Å². The van der Waals surface area contributed by atoms with E-state index < -0.39 is 5.97 Å². The van der Waals surface area contributed by atoms with Crippen LogP contribution in [0.2, 0.25) is 0 Å². The number of phenolic OH excluding ortho intramolecular Hbond substituents is 1. The van der Waals surface area contributed by atoms with Crippen LogP contribution < -0.4 is 9.47 Å². The van der Waals surface area contributed by atoms with Crippen LogP contribution in [0, 0.1) is 0 Å². The van der Waals surface area contributed by atoms with Crippen LogP contribution >= 0.6 is 0 Å². The van der Waals surface area contributed by atoms with Crippen molar-refractivity contribution < 1.29 is 24.5 Å². The Morgan fingerprint density at radius 1 is 1.00 bits per heavy atom. The van der Waals surface area contributed by atoms with Crippen molar-refractivity contribution in [2.75, 3.05) is 14.2 Å². The van der Waals surface area contributed by atoms with Gasteiger partial charge in [-0.25, -0.2) is 4.79 Å². The Bertz CT molecular complexity index is 649. The number of aromatic hydroxyl groups is 1. The summed E-state index contributed by atoms with van der Waals surface area (Å²) in [6, 6.07) is 9.36. The second kappa shape index (κ2) is 5.52. The lowest BCUT2D eigenvalue weighted by Gasteiger charge is -2.12. The summed E-state index contributed by atoms with van der Waals surface area (Å²) in [5.41, 5.74) is 1.27. The SMILES string of the molecule is COc1ccc(-c2ccc(C(=O)O)cc2OC)c(O)c1. The van der Waals surface area contributed by atoms with Crippen molar-refractivity contribution in [3.05, 3.63) is 42.0 Å². The molecule has 2 rings (SSSR count). The summed E-state index contributed by atoms with van der Waals surface area (Å²) in [7, 11) is 2.96. The van der Waals surface area contributed by atoms with E-state index >= 15 is 0 Å². The highest BCUT2D eigenvalue weighted by molar-refractivity contribution is 5.90. The topological polar surface area (TPSA) is 76.0 Å². The van der Waals surface area contributed by atoms with E-state index in [9.17, 15) is 9.90 Å². The summed E-state index contributed by atoms with van der Waals surface area (Å²) in [5.74, 6) is -0.0859. The molecule has 0 aliphatic carbocycles. The largest absolute Gasteiger partial charge is 0.507 e. The smallest absolute Gasteiger partial charge is 0.335 e. The van der Waals surface area contributed by atoms with Crippen LogP contribution in [-0.2, 0) is 0 Å². The molecule has 0 atom stereocenters. The van der Waals surface area contributed by atoms with E-state index in [0.717, 1.165) is 0 Å². The number of methoxy groups -OCH3 is 2. The highest BCUT2D eigenvalue weighted by atomic mass is 16.5. The van der Waals surface area contributed by atoms with Gasteiger partial charge < -0.3 is 19.7 Å². The lowest BCUT2D eigenvalue weighted by molar-refractivity contribution is 0.0696. The first kappa shape index (κ1) is 13.7. The van der Waals surface area contributed by atoms with Crippen molar-refractivity contribution in [2.24, 2.45) is 0 Å². The van der Waals surface area contributed by atoms with E-state index in [0.29, 0.717) is 22.6 Å². The Morgan fingerprint density at radius 3 is 2.25 bits per heavy atom. The number of hydrogen-bond acceptors (Lipinski definition) is 4. The maximum absolute atomic E-state index is 10.9. The molecule has 5 heteroatoms. The molecule has 0 saturated heterocycles. The summed E-state index contributed by atoms with van der Waals surface area (Å²) in [6.45, 7) is 0. The van der Waals surface area contributed by atoms with Gasteiger partial charge in [-0.2, -0.15) is 0 Å². The van der Waals surface area contributed by atoms with Gasteiger partial charge in [-0.1, -0.05) is 0 Å². The van der Waals surface area contributed by atoms with Gasteiger partial charge in [0.15, 0.2) is 0 Å². The van der Waals surface area contributed by atoms with Crippen LogP contribution in [0.4, 0.5) is 0 Å². The molecule has 0 fully saturated rings. The molecule has 2 aromatic carbocycles. The zero-order valence-electron chi connectivity index (χ0n) is 11.1. The zero-order valence-corrected chi connectivity index (χ0v) is 11.1. The number of carbonyl (C=O) groups is 1. The van der Waals surface area contributed by atoms with Crippen LogP contribution in [-0.4, -0.2) is 30.4 Å². The third-order valence-electron chi connectivity index (χ3n) is 2.94. The third kappa shape index (κ3) is 2.51. The van der Waals surface area contributed by atoms with E-state index in [1.165, 1.54) is 32.4 Å². The molecular formula is C15H14O5. The molecule has 2 N–H and O–H groups in total. The minimum atomic E-state index is -1.03. The summed E-state index contributed by atoms with van der Waals surface area (Å²) in [5, 5.41) is 19.0. The number of phenols is 1. The van der Waals surface area contributed by atoms with Crippen LogP contribution in [0.25, 0.3) is 11.1 Å². The van der Waals surface area contributed by atoms with Crippen molar-refractivity contribution in [1.29, 1.82) is 0 Å². The number of carboxylic acids is 1. The molecule has 2 aromatic rings. The number of hydrogen-bond donors (Lipinski definition) is 2. The molecule has 0 aliphatic rings. The average molecular weight is 274 g/mol. The lowest BCUT2D eigenvalue weighted by atomic mass is 10.0. The fourth-order valence-electron chi connectivity index (χ4n) is 1.91. The highest BCUT2D eigenvalue weighted by Crippen LogP contribution is 2.38. The van der Waals surface area contributed by atoms with E-state index in [-0.39, 0.29) is 11.3 Å². The average Bonchev–Trinajstić information content (AvgIpc) is 2.46. The normalized spacial score (nSPS) is 10.1. The first-order chi connectivity index (χ1) is 9.56. The van der Waals surface area contributed by atoms with E-state index in [2.05, 4.69) is 0 Å². The molecule has 0 saturated carbocycles. The molecule has 0 aromatic heterocycles. The van der Waals surface area contributed by atoms with Crippen molar-refractivity contribution in [3.63, 3.8) is 0 Å². The Kier molecular flexibility index (Phi) is 3.79. The Hall–Kier alpha value is -2.69. The maximum atomic E-state index is 10.9. The second-order valence-electron chi connectivity index (χ2n) is 4.10. The fourth-order valence-corrected chi connectivity index (χ4v) is 1.91. The Labute approximate surface area is 116 Å². The molecule has 0 spiro atoms. The number of ether oxygens (including phenoxy) is 2. The van der Waals surface area contributed by atoms with Crippen LogP contribution in [0.3, 0.4) is 0 Å². The van der Waals surface area contributed by atoms with Gasteiger partial charge in [0.2, 0.25) is 0 Å². The molecule has 5 nitrogen and oxygen atoms in total. The monoisotopic (exact) mass is 274 g/mol. The van der Waals surface area contributed by atoms with Crippen LogP contribution in [0.1, 0.15) is 10.4 Å². The van der Waals surface area contributed by atoms with Crippen molar-refractivity contribution in [3.8, 4) is 28.4 Å². The van der Waals surface area contributed by atoms with Crippen molar-refractivity contribution in [2.45, 2.75) is 0 Å². The van der Waals surface area contributed by atoms with Gasteiger partial charge in [0.05, 0.1) is 19.8 Å². The third-order valence-corrected chi connectivity index (χ3v) is 2.94. The number of aromatic carboxylic acids is 1. The Morgan fingerprint density at radius 2 is 1.70 bits per heavy atom. The van der Waals surface area contributed by atoms with Gasteiger partial charge in [-0.3, -0.25) is 0 Å². The molecule has 0 unspecified atom stereocenters. The zero-order chi connectivity index (χ0) is 14.7. The molecule has 0 heterocycles. The first-order valence-electron chi connectivity index (χ1n) is 5.85. The molecule has 20 heavy (non-hydrogen) atoms. The van der Waals surface area contributed by atoms with Crippen LogP contribution in [0.5, 0.6) is 17.2 Å². The quantitative estimate of drug-likeness (QED) is 0.896.